The van der Waals surface area contributed by atoms with E-state index < -0.39 is 0 Å². The lowest BCUT2D eigenvalue weighted by Gasteiger charge is -1.99. The summed E-state index contributed by atoms with van der Waals surface area (Å²) in [5.74, 6) is 0.273. The van der Waals surface area contributed by atoms with Gasteiger partial charge >= 0.3 is 0 Å². The molecule has 19 heavy (non-hydrogen) atoms. The summed E-state index contributed by atoms with van der Waals surface area (Å²) in [6, 6.07) is 8.89. The number of nitrogens with one attached hydrogen (secondary N) is 1. The van der Waals surface area contributed by atoms with Gasteiger partial charge in [0.2, 0.25) is 0 Å². The van der Waals surface area contributed by atoms with Crippen LogP contribution in [0.15, 0.2) is 34.8 Å². The minimum Gasteiger partial charge on any atom is -0.338 e. The molecule has 1 N–H and O–H groups in total. The highest BCUT2D eigenvalue weighted by atomic mass is 79.9. The van der Waals surface area contributed by atoms with E-state index >= 15 is 0 Å². The molecule has 0 spiro atoms. The fraction of sp³-hybridized carbons (Fsp3) is 0.133. The number of imidazole rings is 1. The molecule has 96 valence electrons. The summed E-state index contributed by atoms with van der Waals surface area (Å²) in [6.07, 6.45) is 0. The molecular weight excluding hydrogens is 307 g/mol. The second kappa shape index (κ2) is 4.46. The second-order valence-corrected chi connectivity index (χ2v) is 5.58. The van der Waals surface area contributed by atoms with Crippen LogP contribution < -0.4 is 0 Å². The number of hydrogen-bond acceptors (Lipinski definition) is 1. The molecular formula is C15H12BrFN2. The fourth-order valence-corrected chi connectivity index (χ4v) is 2.44. The number of H-pyrrole nitrogens is 1. The lowest BCUT2D eigenvalue weighted by atomic mass is 10.1. The molecule has 2 nitrogen and oxygen atoms in total. The van der Waals surface area contributed by atoms with Crippen molar-refractivity contribution in [2.75, 3.05) is 0 Å². The number of fused-ring (bicyclic) bond motifs is 1. The van der Waals surface area contributed by atoms with Crippen molar-refractivity contribution in [3.63, 3.8) is 0 Å². The first-order chi connectivity index (χ1) is 9.04. The van der Waals surface area contributed by atoms with Crippen molar-refractivity contribution in [1.29, 1.82) is 0 Å². The van der Waals surface area contributed by atoms with E-state index in [1.54, 1.807) is 12.1 Å². The van der Waals surface area contributed by atoms with Gasteiger partial charge in [0.1, 0.15) is 11.6 Å². The Morgan fingerprint density at radius 1 is 1.11 bits per heavy atom. The predicted octanol–water partition coefficient (Wildman–Crippen LogP) is 4.75. The summed E-state index contributed by atoms with van der Waals surface area (Å²) in [6.45, 7) is 4.10. The van der Waals surface area contributed by atoms with Gasteiger partial charge in [-0.2, -0.15) is 0 Å². The molecule has 0 bridgehead atoms. The molecule has 2 aromatic carbocycles. The molecule has 0 fully saturated rings. The molecule has 1 aromatic heterocycles. The van der Waals surface area contributed by atoms with Gasteiger partial charge in [-0.3, -0.25) is 0 Å². The molecule has 0 amide bonds. The van der Waals surface area contributed by atoms with Gasteiger partial charge in [-0.05, 0) is 55.3 Å². The Labute approximate surface area is 118 Å². The minimum atomic E-state index is -0.282. The number of halogens is 2. The zero-order chi connectivity index (χ0) is 13.6. The van der Waals surface area contributed by atoms with Crippen LogP contribution in [0.4, 0.5) is 4.39 Å². The van der Waals surface area contributed by atoms with Gasteiger partial charge in [0.25, 0.3) is 0 Å². The first-order valence-corrected chi connectivity index (χ1v) is 6.76. The average molecular weight is 319 g/mol. The van der Waals surface area contributed by atoms with Crippen molar-refractivity contribution >= 4 is 27.0 Å². The topological polar surface area (TPSA) is 28.7 Å². The third-order valence-electron chi connectivity index (χ3n) is 3.28. The summed E-state index contributed by atoms with van der Waals surface area (Å²) < 4.78 is 14.7. The number of benzene rings is 2. The van der Waals surface area contributed by atoms with Crippen LogP contribution in [0, 0.1) is 19.7 Å². The first-order valence-electron chi connectivity index (χ1n) is 5.97. The maximum Gasteiger partial charge on any atom is 0.141 e. The maximum absolute atomic E-state index is 13.9. The maximum atomic E-state index is 13.9. The Kier molecular flexibility index (Phi) is 2.90. The monoisotopic (exact) mass is 318 g/mol. The number of aromatic amines is 1. The van der Waals surface area contributed by atoms with E-state index in [0.29, 0.717) is 11.4 Å². The van der Waals surface area contributed by atoms with Gasteiger partial charge in [-0.1, -0.05) is 15.9 Å². The standard InChI is InChI=1S/C15H12BrFN2/c1-8-5-13-14(6-9(8)2)19-15(18-13)11-7-10(16)3-4-12(11)17/h3-7H,1-2H3,(H,18,19). The number of aromatic nitrogens is 2. The number of hydrogen-bond donors (Lipinski definition) is 1. The van der Waals surface area contributed by atoms with E-state index in [-0.39, 0.29) is 5.82 Å². The van der Waals surface area contributed by atoms with Crippen molar-refractivity contribution < 1.29 is 4.39 Å². The van der Waals surface area contributed by atoms with Crippen molar-refractivity contribution in [1.82, 2.24) is 9.97 Å². The fourth-order valence-electron chi connectivity index (χ4n) is 2.08. The molecule has 0 aliphatic carbocycles. The second-order valence-electron chi connectivity index (χ2n) is 4.66. The molecule has 0 saturated carbocycles. The molecule has 3 aromatic rings. The summed E-state index contributed by atoms with van der Waals surface area (Å²) in [7, 11) is 0. The molecule has 0 radical (unpaired) electrons. The summed E-state index contributed by atoms with van der Waals surface area (Å²) in [5.41, 5.74) is 4.63. The van der Waals surface area contributed by atoms with Crippen LogP contribution in [-0.2, 0) is 0 Å². The van der Waals surface area contributed by atoms with Crippen LogP contribution in [0.3, 0.4) is 0 Å². The van der Waals surface area contributed by atoms with Gasteiger partial charge in [0, 0.05) is 4.47 Å². The Balaban J connectivity index is 2.23. The Hall–Kier alpha value is -1.68. The Bertz CT molecular complexity index is 738. The average Bonchev–Trinajstić information content (AvgIpc) is 2.75. The lowest BCUT2D eigenvalue weighted by Crippen LogP contribution is -1.86. The van der Waals surface area contributed by atoms with Gasteiger partial charge < -0.3 is 4.98 Å². The zero-order valence-corrected chi connectivity index (χ0v) is 12.2. The van der Waals surface area contributed by atoms with E-state index in [9.17, 15) is 4.39 Å². The molecule has 1 heterocycles. The van der Waals surface area contributed by atoms with Crippen LogP contribution >= 0.6 is 15.9 Å². The van der Waals surface area contributed by atoms with Crippen LogP contribution in [0.2, 0.25) is 0 Å². The van der Waals surface area contributed by atoms with Gasteiger partial charge in [-0.25, -0.2) is 9.37 Å². The molecule has 0 saturated heterocycles. The van der Waals surface area contributed by atoms with Crippen molar-refractivity contribution in [2.24, 2.45) is 0 Å². The molecule has 0 atom stereocenters. The van der Waals surface area contributed by atoms with E-state index in [1.807, 2.05) is 19.1 Å². The van der Waals surface area contributed by atoms with Crippen molar-refractivity contribution in [3.8, 4) is 11.4 Å². The lowest BCUT2D eigenvalue weighted by molar-refractivity contribution is 0.630. The molecule has 0 unspecified atom stereocenters. The highest BCUT2D eigenvalue weighted by molar-refractivity contribution is 9.10. The summed E-state index contributed by atoms with van der Waals surface area (Å²) >= 11 is 3.35. The minimum absolute atomic E-state index is 0.282. The van der Waals surface area contributed by atoms with Gasteiger partial charge in [-0.15, -0.1) is 0 Å². The number of nitrogens with zero attached hydrogens (tertiary/aromatic N) is 1. The summed E-state index contributed by atoms with van der Waals surface area (Å²) in [5, 5.41) is 0. The Morgan fingerprint density at radius 3 is 2.63 bits per heavy atom. The SMILES string of the molecule is Cc1cc2nc(-c3cc(Br)ccc3F)[nH]c2cc1C. The largest absolute Gasteiger partial charge is 0.338 e. The van der Waals surface area contributed by atoms with Crippen molar-refractivity contribution in [3.05, 3.63) is 51.7 Å². The molecule has 3 rings (SSSR count). The van der Waals surface area contributed by atoms with Crippen LogP contribution in [-0.4, -0.2) is 9.97 Å². The highest BCUT2D eigenvalue weighted by Crippen LogP contribution is 2.27. The van der Waals surface area contributed by atoms with Crippen molar-refractivity contribution in [2.45, 2.75) is 13.8 Å². The smallest absolute Gasteiger partial charge is 0.141 e. The van der Waals surface area contributed by atoms with Crippen LogP contribution in [0.5, 0.6) is 0 Å². The van der Waals surface area contributed by atoms with Gasteiger partial charge in [0.15, 0.2) is 0 Å². The number of rotatable bonds is 1. The van der Waals surface area contributed by atoms with Crippen LogP contribution in [0.1, 0.15) is 11.1 Å². The first kappa shape index (κ1) is 12.4. The van der Waals surface area contributed by atoms with Crippen LogP contribution in [0.25, 0.3) is 22.4 Å². The Morgan fingerprint density at radius 2 is 1.84 bits per heavy atom. The number of aryl methyl sites for hydroxylation is 2. The highest BCUT2D eigenvalue weighted by Gasteiger charge is 2.11. The quantitative estimate of drug-likeness (QED) is 0.689. The third kappa shape index (κ3) is 2.16. The van der Waals surface area contributed by atoms with E-state index in [1.165, 1.54) is 17.2 Å². The molecule has 0 aliphatic heterocycles. The molecule has 4 heteroatoms. The van der Waals surface area contributed by atoms with E-state index in [4.69, 9.17) is 0 Å². The van der Waals surface area contributed by atoms with E-state index in [2.05, 4.69) is 32.8 Å². The zero-order valence-electron chi connectivity index (χ0n) is 10.6. The molecule has 0 aliphatic rings. The summed E-state index contributed by atoms with van der Waals surface area (Å²) in [4.78, 5) is 7.65. The predicted molar refractivity (Wildman–Crippen MR) is 78.7 cm³/mol. The third-order valence-corrected chi connectivity index (χ3v) is 3.77. The van der Waals surface area contributed by atoms with E-state index in [0.717, 1.165) is 15.5 Å². The normalized spacial score (nSPS) is 11.2. The van der Waals surface area contributed by atoms with Gasteiger partial charge in [0.05, 0.1) is 16.6 Å².